The summed E-state index contributed by atoms with van der Waals surface area (Å²) >= 11 is 5.11. The number of hydrogen-bond donors (Lipinski definition) is 1. The number of carbonyl (C=O) groups excluding carboxylic acids is 3. The van der Waals surface area contributed by atoms with E-state index in [4.69, 9.17) is 21.7 Å². The van der Waals surface area contributed by atoms with Crippen LogP contribution >= 0.6 is 12.2 Å². The molecule has 1 aliphatic rings. The Morgan fingerprint density at radius 2 is 1.69 bits per heavy atom. The fraction of sp³-hybridized carbons (Fsp3) is 0.217. The molecule has 0 aliphatic carbocycles. The molecule has 1 saturated heterocycles. The number of methoxy groups -OCH3 is 1. The highest BCUT2D eigenvalue weighted by Gasteiger charge is 2.35. The van der Waals surface area contributed by atoms with Crippen LogP contribution in [0, 0.1) is 6.92 Å². The van der Waals surface area contributed by atoms with Crippen LogP contribution in [0.2, 0.25) is 0 Å². The number of thiocarbonyl (C=S) groups is 1. The molecule has 0 aromatic heterocycles. The van der Waals surface area contributed by atoms with Crippen molar-refractivity contribution in [2.75, 3.05) is 33.1 Å². The molecule has 0 saturated carbocycles. The standard InChI is InChI=1S/C23H23N3O5S/c1-14-8-10-16(11-9-14)24-19(27)13-31-20-15(6-5-7-18(20)30-4)12-17-21(28)25(2)23(32)26(3)22(17)29/h5-12H,13H2,1-4H3,(H,24,27). The highest BCUT2D eigenvalue weighted by atomic mass is 32.1. The summed E-state index contributed by atoms with van der Waals surface area (Å²) in [5, 5.41) is 2.87. The zero-order valence-electron chi connectivity index (χ0n) is 18.2. The average molecular weight is 454 g/mol. The van der Waals surface area contributed by atoms with E-state index < -0.39 is 11.8 Å². The molecule has 3 amide bonds. The van der Waals surface area contributed by atoms with Gasteiger partial charge in [-0.1, -0.05) is 29.8 Å². The molecule has 1 fully saturated rings. The topological polar surface area (TPSA) is 88.2 Å². The molecule has 166 valence electrons. The highest BCUT2D eigenvalue weighted by molar-refractivity contribution is 7.80. The minimum Gasteiger partial charge on any atom is -0.493 e. The van der Waals surface area contributed by atoms with E-state index in [0.29, 0.717) is 17.0 Å². The van der Waals surface area contributed by atoms with E-state index in [0.717, 1.165) is 5.56 Å². The monoisotopic (exact) mass is 453 g/mol. The van der Waals surface area contributed by atoms with E-state index in [2.05, 4.69) is 5.32 Å². The largest absolute Gasteiger partial charge is 0.493 e. The number of hydrogen-bond acceptors (Lipinski definition) is 6. The summed E-state index contributed by atoms with van der Waals surface area (Å²) in [5.74, 6) is -0.822. The van der Waals surface area contributed by atoms with Crippen molar-refractivity contribution in [1.29, 1.82) is 0 Å². The molecule has 0 unspecified atom stereocenters. The van der Waals surface area contributed by atoms with Crippen molar-refractivity contribution in [2.24, 2.45) is 0 Å². The first kappa shape index (κ1) is 23.0. The van der Waals surface area contributed by atoms with E-state index >= 15 is 0 Å². The third kappa shape index (κ3) is 4.78. The Morgan fingerprint density at radius 3 is 2.28 bits per heavy atom. The lowest BCUT2D eigenvalue weighted by atomic mass is 10.1. The number of aryl methyl sites for hydroxylation is 1. The summed E-state index contributed by atoms with van der Waals surface area (Å²) in [7, 11) is 4.46. The van der Waals surface area contributed by atoms with Crippen LogP contribution in [0.1, 0.15) is 11.1 Å². The molecule has 1 heterocycles. The van der Waals surface area contributed by atoms with E-state index in [1.54, 1.807) is 30.3 Å². The Morgan fingerprint density at radius 1 is 1.06 bits per heavy atom. The lowest BCUT2D eigenvalue weighted by Gasteiger charge is -2.31. The van der Waals surface area contributed by atoms with Gasteiger partial charge in [0.15, 0.2) is 23.2 Å². The Kier molecular flexibility index (Phi) is 6.89. The molecule has 0 atom stereocenters. The average Bonchev–Trinajstić information content (AvgIpc) is 2.79. The van der Waals surface area contributed by atoms with Gasteiger partial charge >= 0.3 is 0 Å². The number of nitrogens with one attached hydrogen (secondary N) is 1. The van der Waals surface area contributed by atoms with Crippen LogP contribution in [-0.4, -0.2) is 60.4 Å². The van der Waals surface area contributed by atoms with Crippen molar-refractivity contribution in [3.8, 4) is 11.5 Å². The summed E-state index contributed by atoms with van der Waals surface area (Å²) in [6, 6.07) is 12.4. The second-order valence-corrected chi connectivity index (χ2v) is 7.52. The number of carbonyl (C=O) groups is 3. The maximum Gasteiger partial charge on any atom is 0.265 e. The molecule has 8 nitrogen and oxygen atoms in total. The molecular formula is C23H23N3O5S. The summed E-state index contributed by atoms with van der Waals surface area (Å²) in [4.78, 5) is 40.1. The number of anilines is 1. The molecular weight excluding hydrogens is 430 g/mol. The number of nitrogens with zero attached hydrogens (tertiary/aromatic N) is 2. The second kappa shape index (κ2) is 9.61. The van der Waals surface area contributed by atoms with Gasteiger partial charge in [0.1, 0.15) is 5.57 Å². The normalized spacial score (nSPS) is 13.9. The van der Waals surface area contributed by atoms with Crippen LogP contribution in [0.5, 0.6) is 11.5 Å². The van der Waals surface area contributed by atoms with E-state index in [1.165, 1.54) is 37.1 Å². The van der Waals surface area contributed by atoms with Gasteiger partial charge in [-0.2, -0.15) is 0 Å². The first-order chi connectivity index (χ1) is 15.2. The fourth-order valence-electron chi connectivity index (χ4n) is 3.06. The van der Waals surface area contributed by atoms with Gasteiger partial charge < -0.3 is 14.8 Å². The molecule has 0 spiro atoms. The minimum atomic E-state index is -0.524. The molecule has 3 rings (SSSR count). The quantitative estimate of drug-likeness (QED) is 0.411. The second-order valence-electron chi connectivity index (χ2n) is 7.15. The number of amides is 3. The van der Waals surface area contributed by atoms with Crippen molar-refractivity contribution in [3.05, 3.63) is 59.2 Å². The predicted molar refractivity (Wildman–Crippen MR) is 124 cm³/mol. The van der Waals surface area contributed by atoms with Crippen molar-refractivity contribution >= 4 is 46.8 Å². The number of para-hydroxylation sites is 1. The summed E-state index contributed by atoms with van der Waals surface area (Å²) < 4.78 is 11.1. The molecule has 1 aliphatic heterocycles. The summed E-state index contributed by atoms with van der Waals surface area (Å²) in [5.41, 5.74) is 2.06. The molecule has 0 bridgehead atoms. The minimum absolute atomic E-state index is 0.0780. The van der Waals surface area contributed by atoms with E-state index in [1.807, 2.05) is 19.1 Å². The van der Waals surface area contributed by atoms with Gasteiger partial charge in [0, 0.05) is 25.3 Å². The fourth-order valence-corrected chi connectivity index (χ4v) is 3.23. The van der Waals surface area contributed by atoms with E-state index in [-0.39, 0.29) is 28.9 Å². The zero-order valence-corrected chi connectivity index (χ0v) is 19.0. The molecule has 2 aromatic carbocycles. The molecule has 0 radical (unpaired) electrons. The van der Waals surface area contributed by atoms with Gasteiger partial charge in [-0.3, -0.25) is 24.2 Å². The van der Waals surface area contributed by atoms with Gasteiger partial charge in [0.2, 0.25) is 0 Å². The zero-order chi connectivity index (χ0) is 23.4. The van der Waals surface area contributed by atoms with Gasteiger partial charge in [-0.15, -0.1) is 0 Å². The summed E-state index contributed by atoms with van der Waals surface area (Å²) in [6.45, 7) is 1.66. The number of ether oxygens (including phenoxy) is 2. The van der Waals surface area contributed by atoms with Crippen LogP contribution in [0.3, 0.4) is 0 Å². The SMILES string of the molecule is COc1cccc(C=C2C(=O)N(C)C(=S)N(C)C2=O)c1OCC(=O)Nc1ccc(C)cc1. The van der Waals surface area contributed by atoms with Gasteiger partial charge in [0.25, 0.3) is 17.7 Å². The van der Waals surface area contributed by atoms with Gasteiger partial charge in [-0.05, 0) is 43.4 Å². The maximum atomic E-state index is 12.6. The van der Waals surface area contributed by atoms with Crippen LogP contribution in [0.4, 0.5) is 5.69 Å². The maximum absolute atomic E-state index is 12.6. The first-order valence-corrected chi connectivity index (χ1v) is 10.1. The van der Waals surface area contributed by atoms with Crippen molar-refractivity contribution in [2.45, 2.75) is 6.92 Å². The Bertz CT molecular complexity index is 1090. The van der Waals surface area contributed by atoms with Crippen molar-refractivity contribution in [1.82, 2.24) is 9.80 Å². The number of likely N-dealkylation sites (N-methyl/N-ethyl adjacent to an activating group) is 2. The van der Waals surface area contributed by atoms with Crippen LogP contribution < -0.4 is 14.8 Å². The molecule has 9 heteroatoms. The predicted octanol–water partition coefficient (Wildman–Crippen LogP) is 2.62. The number of benzene rings is 2. The first-order valence-electron chi connectivity index (χ1n) is 9.71. The smallest absolute Gasteiger partial charge is 0.265 e. The van der Waals surface area contributed by atoms with Crippen LogP contribution in [0.25, 0.3) is 6.08 Å². The third-order valence-corrected chi connectivity index (χ3v) is 5.40. The summed E-state index contributed by atoms with van der Waals surface area (Å²) in [6.07, 6.45) is 1.41. The van der Waals surface area contributed by atoms with Crippen LogP contribution in [0.15, 0.2) is 48.0 Å². The number of rotatable bonds is 6. The Hall–Kier alpha value is -3.72. The molecule has 1 N–H and O–H groups in total. The van der Waals surface area contributed by atoms with Crippen molar-refractivity contribution < 1.29 is 23.9 Å². The Labute approximate surface area is 191 Å². The van der Waals surface area contributed by atoms with Crippen LogP contribution in [-0.2, 0) is 14.4 Å². The van der Waals surface area contributed by atoms with Gasteiger partial charge in [-0.25, -0.2) is 0 Å². The lowest BCUT2D eigenvalue weighted by Crippen LogP contribution is -2.52. The van der Waals surface area contributed by atoms with E-state index in [9.17, 15) is 14.4 Å². The lowest BCUT2D eigenvalue weighted by molar-refractivity contribution is -0.132. The third-order valence-electron chi connectivity index (χ3n) is 4.86. The van der Waals surface area contributed by atoms with Crippen molar-refractivity contribution in [3.63, 3.8) is 0 Å². The Balaban J connectivity index is 1.86. The highest BCUT2D eigenvalue weighted by Crippen LogP contribution is 2.33. The molecule has 2 aromatic rings. The van der Waals surface area contributed by atoms with Gasteiger partial charge in [0.05, 0.1) is 7.11 Å². The molecule has 32 heavy (non-hydrogen) atoms.